The molecule has 1 aromatic rings. The Morgan fingerprint density at radius 2 is 2.26 bits per heavy atom. The number of nitrogens with zero attached hydrogens (tertiary/aromatic N) is 2. The number of carbonyl (C=O) groups excluding carboxylic acids is 1. The average molecular weight is 267 g/mol. The first-order chi connectivity index (χ1) is 9.19. The van der Waals surface area contributed by atoms with Gasteiger partial charge in [-0.25, -0.2) is 4.63 Å². The zero-order valence-corrected chi connectivity index (χ0v) is 11.5. The number of aryl methyl sites for hydroxylation is 1. The fourth-order valence-electron chi connectivity index (χ4n) is 2.29. The molecule has 0 aliphatic carbocycles. The molecular weight excluding hydrogens is 246 g/mol. The summed E-state index contributed by atoms with van der Waals surface area (Å²) in [4.78, 5) is 11.8. The van der Waals surface area contributed by atoms with E-state index < -0.39 is 0 Å². The molecule has 1 aromatic heterocycles. The minimum atomic E-state index is -0.0591. The van der Waals surface area contributed by atoms with E-state index in [1.54, 1.807) is 0 Å². The molecule has 19 heavy (non-hydrogen) atoms. The van der Waals surface area contributed by atoms with E-state index in [0.29, 0.717) is 24.0 Å². The van der Waals surface area contributed by atoms with Crippen molar-refractivity contribution in [3.05, 3.63) is 5.69 Å². The number of hydrogen-bond acceptors (Lipinski definition) is 5. The van der Waals surface area contributed by atoms with Gasteiger partial charge in [-0.15, -0.1) is 0 Å². The Hall–Kier alpha value is -1.43. The molecule has 2 atom stereocenters. The topological polar surface area (TPSA) is 77.3 Å². The number of aromatic nitrogens is 2. The van der Waals surface area contributed by atoms with Gasteiger partial charge in [0.2, 0.25) is 11.7 Å². The Kier molecular flexibility index (Phi) is 4.90. The summed E-state index contributed by atoms with van der Waals surface area (Å²) in [5.41, 5.74) is 0.710. The van der Waals surface area contributed by atoms with Crippen LogP contribution in [-0.2, 0) is 16.0 Å². The predicted molar refractivity (Wildman–Crippen MR) is 69.7 cm³/mol. The summed E-state index contributed by atoms with van der Waals surface area (Å²) < 4.78 is 10.3. The molecule has 1 fully saturated rings. The summed E-state index contributed by atoms with van der Waals surface area (Å²) in [6, 6.07) is 0. The Labute approximate surface area is 112 Å². The minimum Gasteiger partial charge on any atom is -0.375 e. The highest BCUT2D eigenvalue weighted by Gasteiger charge is 2.22. The van der Waals surface area contributed by atoms with Crippen LogP contribution in [0.25, 0.3) is 0 Å². The molecule has 1 saturated heterocycles. The fourth-order valence-corrected chi connectivity index (χ4v) is 2.29. The maximum atomic E-state index is 11.8. The number of ether oxygens (including phenoxy) is 1. The molecule has 0 unspecified atom stereocenters. The lowest BCUT2D eigenvalue weighted by molar-refractivity contribution is -0.117. The molecule has 6 heteroatoms. The van der Waals surface area contributed by atoms with Crippen LogP contribution in [0, 0.1) is 0 Å². The van der Waals surface area contributed by atoms with Gasteiger partial charge in [0.1, 0.15) is 5.69 Å². The Morgan fingerprint density at radius 3 is 2.95 bits per heavy atom. The lowest BCUT2D eigenvalue weighted by Crippen LogP contribution is -2.17. The molecule has 1 amide bonds. The lowest BCUT2D eigenvalue weighted by Gasteiger charge is -2.10. The zero-order valence-electron chi connectivity index (χ0n) is 11.5. The molecule has 0 aromatic carbocycles. The molecule has 106 valence electrons. The second-order valence-corrected chi connectivity index (χ2v) is 5.04. The van der Waals surface area contributed by atoms with Gasteiger partial charge in [0.05, 0.1) is 12.2 Å². The third-order valence-corrected chi connectivity index (χ3v) is 3.31. The first kappa shape index (κ1) is 14.0. The molecule has 0 radical (unpaired) electrons. The monoisotopic (exact) mass is 267 g/mol. The van der Waals surface area contributed by atoms with Gasteiger partial charge in [-0.1, -0.05) is 18.5 Å². The van der Waals surface area contributed by atoms with Crippen molar-refractivity contribution in [3.63, 3.8) is 0 Å². The van der Waals surface area contributed by atoms with Crippen LogP contribution in [0.15, 0.2) is 4.63 Å². The van der Waals surface area contributed by atoms with Crippen molar-refractivity contribution in [2.24, 2.45) is 0 Å². The van der Waals surface area contributed by atoms with Crippen LogP contribution >= 0.6 is 0 Å². The molecular formula is C13H21N3O3. The van der Waals surface area contributed by atoms with Crippen LogP contribution in [0.2, 0.25) is 0 Å². The van der Waals surface area contributed by atoms with Crippen LogP contribution in [0.4, 0.5) is 5.82 Å². The number of amides is 1. The number of rotatable bonds is 6. The maximum absolute atomic E-state index is 11.8. The molecule has 2 heterocycles. The summed E-state index contributed by atoms with van der Waals surface area (Å²) in [7, 11) is 0. The average Bonchev–Trinajstić information content (AvgIpc) is 2.97. The quantitative estimate of drug-likeness (QED) is 0.855. The summed E-state index contributed by atoms with van der Waals surface area (Å²) in [5, 5.41) is 10.2. The van der Waals surface area contributed by atoms with E-state index in [0.717, 1.165) is 32.1 Å². The van der Waals surface area contributed by atoms with Crippen molar-refractivity contribution in [2.45, 2.75) is 64.6 Å². The van der Waals surface area contributed by atoms with E-state index in [4.69, 9.17) is 4.74 Å². The van der Waals surface area contributed by atoms with Crippen molar-refractivity contribution in [2.75, 3.05) is 5.32 Å². The molecule has 0 spiro atoms. The van der Waals surface area contributed by atoms with Crippen LogP contribution in [0.3, 0.4) is 0 Å². The number of nitrogens with one attached hydrogen (secondary N) is 1. The van der Waals surface area contributed by atoms with Gasteiger partial charge in [-0.3, -0.25) is 4.79 Å². The van der Waals surface area contributed by atoms with Crippen LogP contribution in [0.1, 0.15) is 51.6 Å². The Bertz CT molecular complexity index is 419. The highest BCUT2D eigenvalue weighted by molar-refractivity contribution is 5.90. The van der Waals surface area contributed by atoms with Crippen molar-refractivity contribution in [1.29, 1.82) is 0 Å². The second-order valence-electron chi connectivity index (χ2n) is 5.04. The normalized spacial score (nSPS) is 22.6. The molecule has 1 N–H and O–H groups in total. The van der Waals surface area contributed by atoms with Gasteiger partial charge < -0.3 is 10.1 Å². The van der Waals surface area contributed by atoms with E-state index in [-0.39, 0.29) is 12.0 Å². The number of carbonyl (C=O) groups is 1. The maximum Gasteiger partial charge on any atom is 0.225 e. The van der Waals surface area contributed by atoms with E-state index in [9.17, 15) is 4.79 Å². The highest BCUT2D eigenvalue weighted by atomic mass is 16.6. The van der Waals surface area contributed by atoms with Gasteiger partial charge in [0.15, 0.2) is 0 Å². The first-order valence-corrected chi connectivity index (χ1v) is 6.95. The SMILES string of the molecule is CCCc1nonc1NC(=O)CC[C@@H]1CC[C@H](C)O1. The number of hydrogen-bond donors (Lipinski definition) is 1. The summed E-state index contributed by atoms with van der Waals surface area (Å²) in [6.45, 7) is 4.11. The molecule has 2 rings (SSSR count). The van der Waals surface area contributed by atoms with Gasteiger partial charge in [0, 0.05) is 6.42 Å². The van der Waals surface area contributed by atoms with Crippen molar-refractivity contribution in [3.8, 4) is 0 Å². The van der Waals surface area contributed by atoms with Gasteiger partial charge in [0.25, 0.3) is 0 Å². The van der Waals surface area contributed by atoms with Crippen molar-refractivity contribution < 1.29 is 14.2 Å². The van der Waals surface area contributed by atoms with Gasteiger partial charge in [-0.2, -0.15) is 0 Å². The largest absolute Gasteiger partial charge is 0.375 e. The molecule has 0 saturated carbocycles. The van der Waals surface area contributed by atoms with Crippen LogP contribution < -0.4 is 5.32 Å². The molecule has 1 aliphatic rings. The standard InChI is InChI=1S/C13H21N3O3/c1-3-4-11-13(16-19-15-11)14-12(17)8-7-10-6-5-9(2)18-10/h9-10H,3-8H2,1-2H3,(H,14,16,17)/t9-,10-/m0/s1. The lowest BCUT2D eigenvalue weighted by atomic mass is 10.1. The minimum absolute atomic E-state index is 0.0591. The molecule has 1 aliphatic heterocycles. The number of anilines is 1. The summed E-state index contributed by atoms with van der Waals surface area (Å²) in [5.74, 6) is 0.392. The fraction of sp³-hybridized carbons (Fsp3) is 0.769. The van der Waals surface area contributed by atoms with Crippen LogP contribution in [-0.4, -0.2) is 28.4 Å². The van der Waals surface area contributed by atoms with Gasteiger partial charge >= 0.3 is 0 Å². The summed E-state index contributed by atoms with van der Waals surface area (Å²) >= 11 is 0. The molecule has 0 bridgehead atoms. The van der Waals surface area contributed by atoms with Crippen LogP contribution in [0.5, 0.6) is 0 Å². The Morgan fingerprint density at radius 1 is 1.42 bits per heavy atom. The predicted octanol–water partition coefficient (Wildman–Crippen LogP) is 2.31. The zero-order chi connectivity index (χ0) is 13.7. The second kappa shape index (κ2) is 6.65. The highest BCUT2D eigenvalue weighted by Crippen LogP contribution is 2.22. The van der Waals surface area contributed by atoms with E-state index >= 15 is 0 Å². The first-order valence-electron chi connectivity index (χ1n) is 6.95. The van der Waals surface area contributed by atoms with E-state index in [2.05, 4.69) is 27.2 Å². The molecule has 6 nitrogen and oxygen atoms in total. The van der Waals surface area contributed by atoms with Gasteiger partial charge in [-0.05, 0) is 37.8 Å². The van der Waals surface area contributed by atoms with E-state index in [1.165, 1.54) is 0 Å². The van der Waals surface area contributed by atoms with Crippen molar-refractivity contribution in [1.82, 2.24) is 10.3 Å². The van der Waals surface area contributed by atoms with E-state index in [1.807, 2.05) is 6.92 Å². The van der Waals surface area contributed by atoms with Crippen molar-refractivity contribution >= 4 is 11.7 Å². The third kappa shape index (κ3) is 4.02. The smallest absolute Gasteiger partial charge is 0.225 e. The third-order valence-electron chi connectivity index (χ3n) is 3.31. The summed E-state index contributed by atoms with van der Waals surface area (Å²) in [6.07, 6.45) is 5.55. The Balaban J connectivity index is 1.76.